The number of rotatable bonds is 5. The normalized spacial score (nSPS) is 10.2. The number of anilines is 2. The van der Waals surface area contributed by atoms with Gasteiger partial charge in [-0.05, 0) is 43.2 Å². The molecule has 120 valence electrons. The van der Waals surface area contributed by atoms with Crippen LogP contribution < -0.4 is 10.2 Å². The van der Waals surface area contributed by atoms with Crippen molar-refractivity contribution in [1.29, 1.82) is 0 Å². The highest BCUT2D eigenvalue weighted by atomic mass is 16.2. The van der Waals surface area contributed by atoms with Crippen LogP contribution in [0, 0.1) is 6.92 Å². The van der Waals surface area contributed by atoms with Gasteiger partial charge in [-0.15, -0.1) is 0 Å². The monoisotopic (exact) mass is 310 g/mol. The first-order valence-electron chi connectivity index (χ1n) is 7.73. The lowest BCUT2D eigenvalue weighted by Gasteiger charge is -2.21. The van der Waals surface area contributed by atoms with Crippen LogP contribution in [0.4, 0.5) is 11.4 Å². The van der Waals surface area contributed by atoms with Gasteiger partial charge in [0.1, 0.15) is 6.54 Å². The second kappa shape index (κ2) is 7.58. The average Bonchev–Trinajstić information content (AvgIpc) is 2.54. The topological polar surface area (TPSA) is 49.4 Å². The highest BCUT2D eigenvalue weighted by Gasteiger charge is 2.15. The van der Waals surface area contributed by atoms with Gasteiger partial charge in [-0.3, -0.25) is 9.59 Å². The molecule has 0 fully saturated rings. The minimum Gasteiger partial charge on any atom is -0.325 e. The molecule has 0 heterocycles. The van der Waals surface area contributed by atoms with Crippen molar-refractivity contribution in [3.63, 3.8) is 0 Å². The molecule has 2 rings (SSSR count). The van der Waals surface area contributed by atoms with E-state index in [1.807, 2.05) is 55.5 Å². The third kappa shape index (κ3) is 4.68. The number of hydrogen-bond donors (Lipinski definition) is 1. The Kier molecular flexibility index (Phi) is 5.52. The van der Waals surface area contributed by atoms with E-state index in [1.54, 1.807) is 0 Å². The predicted molar refractivity (Wildman–Crippen MR) is 93.7 cm³/mol. The Morgan fingerprint density at radius 1 is 1.00 bits per heavy atom. The molecular formula is C19H22N2O2. The number of carbonyl (C=O) groups is 2. The van der Waals surface area contributed by atoms with Crippen molar-refractivity contribution < 1.29 is 9.59 Å². The summed E-state index contributed by atoms with van der Waals surface area (Å²) >= 11 is 0. The van der Waals surface area contributed by atoms with Gasteiger partial charge in [0.2, 0.25) is 11.8 Å². The van der Waals surface area contributed by atoms with Gasteiger partial charge in [-0.1, -0.05) is 36.8 Å². The summed E-state index contributed by atoms with van der Waals surface area (Å²) < 4.78 is 0. The molecule has 0 unspecified atom stereocenters. The first kappa shape index (κ1) is 16.7. The van der Waals surface area contributed by atoms with Crippen LogP contribution in [0.25, 0.3) is 0 Å². The molecule has 0 aromatic heterocycles. The van der Waals surface area contributed by atoms with Crippen LogP contribution in [0.3, 0.4) is 0 Å². The van der Waals surface area contributed by atoms with Gasteiger partial charge in [-0.25, -0.2) is 0 Å². The van der Waals surface area contributed by atoms with Gasteiger partial charge >= 0.3 is 0 Å². The molecule has 0 saturated carbocycles. The van der Waals surface area contributed by atoms with Gasteiger partial charge < -0.3 is 10.2 Å². The number of nitrogens with zero attached hydrogens (tertiary/aromatic N) is 1. The molecule has 4 nitrogen and oxygen atoms in total. The first-order valence-corrected chi connectivity index (χ1v) is 7.73. The smallest absolute Gasteiger partial charge is 0.244 e. The Balaban J connectivity index is 2.05. The number of hydrogen-bond acceptors (Lipinski definition) is 2. The van der Waals surface area contributed by atoms with E-state index in [4.69, 9.17) is 0 Å². The number of nitrogens with one attached hydrogen (secondary N) is 1. The molecule has 0 spiro atoms. The first-order chi connectivity index (χ1) is 11.0. The summed E-state index contributed by atoms with van der Waals surface area (Å²) in [7, 11) is 0. The second-order valence-electron chi connectivity index (χ2n) is 5.54. The number of amides is 2. The summed E-state index contributed by atoms with van der Waals surface area (Å²) in [5, 5.41) is 2.83. The van der Waals surface area contributed by atoms with Crippen LogP contribution in [-0.4, -0.2) is 18.4 Å². The minimum absolute atomic E-state index is 0.00603. The molecule has 2 amide bonds. The Bertz CT molecular complexity index is 676. The van der Waals surface area contributed by atoms with Crippen molar-refractivity contribution in [3.05, 3.63) is 59.7 Å². The second-order valence-corrected chi connectivity index (χ2v) is 5.54. The van der Waals surface area contributed by atoms with E-state index in [2.05, 4.69) is 12.2 Å². The standard InChI is InChI=1S/C19H22N2O2/c1-4-16-7-9-17(10-8-16)20-19(23)13-21(15(3)22)18-11-5-14(2)6-12-18/h5-12H,4,13H2,1-3H3,(H,20,23). The quantitative estimate of drug-likeness (QED) is 0.918. The fourth-order valence-corrected chi connectivity index (χ4v) is 2.28. The Morgan fingerprint density at radius 2 is 1.61 bits per heavy atom. The lowest BCUT2D eigenvalue weighted by atomic mass is 10.1. The molecule has 2 aromatic rings. The molecule has 0 aliphatic carbocycles. The zero-order valence-electron chi connectivity index (χ0n) is 13.8. The van der Waals surface area contributed by atoms with Crippen molar-refractivity contribution in [2.45, 2.75) is 27.2 Å². The molecule has 0 aliphatic heterocycles. The summed E-state index contributed by atoms with van der Waals surface area (Å²) in [4.78, 5) is 25.5. The fraction of sp³-hybridized carbons (Fsp3) is 0.263. The predicted octanol–water partition coefficient (Wildman–Crippen LogP) is 3.55. The summed E-state index contributed by atoms with van der Waals surface area (Å²) in [6, 6.07) is 15.3. The van der Waals surface area contributed by atoms with E-state index < -0.39 is 0 Å². The summed E-state index contributed by atoms with van der Waals surface area (Å²) in [6.07, 6.45) is 0.958. The molecule has 0 aliphatic rings. The van der Waals surface area contributed by atoms with E-state index in [0.29, 0.717) is 0 Å². The van der Waals surface area contributed by atoms with E-state index in [1.165, 1.54) is 17.4 Å². The zero-order valence-corrected chi connectivity index (χ0v) is 13.8. The van der Waals surface area contributed by atoms with Crippen molar-refractivity contribution >= 4 is 23.2 Å². The van der Waals surface area contributed by atoms with Gasteiger partial charge in [0.25, 0.3) is 0 Å². The molecule has 0 bridgehead atoms. The van der Waals surface area contributed by atoms with Gasteiger partial charge in [-0.2, -0.15) is 0 Å². The van der Waals surface area contributed by atoms with Crippen LogP contribution in [0.2, 0.25) is 0 Å². The summed E-state index contributed by atoms with van der Waals surface area (Å²) in [5.41, 5.74) is 3.78. The van der Waals surface area contributed by atoms with Gasteiger partial charge in [0, 0.05) is 18.3 Å². The molecule has 23 heavy (non-hydrogen) atoms. The highest BCUT2D eigenvalue weighted by molar-refractivity contribution is 6.01. The number of aryl methyl sites for hydroxylation is 2. The van der Waals surface area contributed by atoms with E-state index in [-0.39, 0.29) is 18.4 Å². The van der Waals surface area contributed by atoms with Crippen LogP contribution in [0.5, 0.6) is 0 Å². The summed E-state index contributed by atoms with van der Waals surface area (Å²) in [6.45, 7) is 5.52. The van der Waals surface area contributed by atoms with Crippen molar-refractivity contribution in [2.75, 3.05) is 16.8 Å². The Hall–Kier alpha value is -2.62. The van der Waals surface area contributed by atoms with Gasteiger partial charge in [0.15, 0.2) is 0 Å². The molecule has 4 heteroatoms. The SMILES string of the molecule is CCc1ccc(NC(=O)CN(C(C)=O)c2ccc(C)cc2)cc1. The maximum absolute atomic E-state index is 12.2. The van der Waals surface area contributed by atoms with Gasteiger partial charge in [0.05, 0.1) is 0 Å². The number of carbonyl (C=O) groups excluding carboxylic acids is 2. The molecule has 0 radical (unpaired) electrons. The molecule has 2 aromatic carbocycles. The average molecular weight is 310 g/mol. The molecule has 0 saturated heterocycles. The fourth-order valence-electron chi connectivity index (χ4n) is 2.28. The zero-order chi connectivity index (χ0) is 16.8. The van der Waals surface area contributed by atoms with Crippen molar-refractivity contribution in [1.82, 2.24) is 0 Å². The van der Waals surface area contributed by atoms with E-state index in [9.17, 15) is 9.59 Å². The summed E-state index contributed by atoms with van der Waals surface area (Å²) in [5.74, 6) is -0.379. The van der Waals surface area contributed by atoms with Crippen LogP contribution in [0.15, 0.2) is 48.5 Å². The number of benzene rings is 2. The molecule has 0 atom stereocenters. The van der Waals surface area contributed by atoms with Crippen LogP contribution in [-0.2, 0) is 16.0 Å². The van der Waals surface area contributed by atoms with Crippen molar-refractivity contribution in [3.8, 4) is 0 Å². The van der Waals surface area contributed by atoms with E-state index in [0.717, 1.165) is 23.4 Å². The Labute approximate surface area is 137 Å². The molecular weight excluding hydrogens is 288 g/mol. The third-order valence-electron chi connectivity index (χ3n) is 3.67. The Morgan fingerprint density at radius 3 is 2.13 bits per heavy atom. The van der Waals surface area contributed by atoms with Crippen molar-refractivity contribution in [2.24, 2.45) is 0 Å². The maximum Gasteiger partial charge on any atom is 0.244 e. The lowest BCUT2D eigenvalue weighted by Crippen LogP contribution is -2.36. The van der Waals surface area contributed by atoms with Crippen LogP contribution >= 0.6 is 0 Å². The lowest BCUT2D eigenvalue weighted by molar-refractivity contribution is -0.120. The maximum atomic E-state index is 12.2. The largest absolute Gasteiger partial charge is 0.325 e. The van der Waals surface area contributed by atoms with Crippen LogP contribution in [0.1, 0.15) is 25.0 Å². The molecule has 1 N–H and O–H groups in total. The third-order valence-corrected chi connectivity index (χ3v) is 3.67. The highest BCUT2D eigenvalue weighted by Crippen LogP contribution is 2.16. The minimum atomic E-state index is -0.218. The van der Waals surface area contributed by atoms with E-state index >= 15 is 0 Å².